The van der Waals surface area contributed by atoms with Crippen LogP contribution in [0.5, 0.6) is 0 Å². The number of aryl methyl sites for hydroxylation is 1. The third-order valence-electron chi connectivity index (χ3n) is 2.27. The highest BCUT2D eigenvalue weighted by atomic mass is 35.5. The zero-order valence-corrected chi connectivity index (χ0v) is 10.1. The van der Waals surface area contributed by atoms with Gasteiger partial charge in [-0.15, -0.1) is 0 Å². The molecule has 0 amide bonds. The molecule has 0 unspecified atom stereocenters. The van der Waals surface area contributed by atoms with E-state index in [2.05, 4.69) is 15.1 Å². The molecule has 0 N–H and O–H groups in total. The molecule has 0 aliphatic heterocycles. The van der Waals surface area contributed by atoms with E-state index in [1.807, 2.05) is 6.92 Å². The van der Waals surface area contributed by atoms with E-state index >= 15 is 0 Å². The van der Waals surface area contributed by atoms with Crippen LogP contribution in [0.25, 0.3) is 0 Å². The molecule has 0 atom stereocenters. The Kier molecular flexibility index (Phi) is 3.49. The predicted molar refractivity (Wildman–Crippen MR) is 63.0 cm³/mol. The predicted octanol–water partition coefficient (Wildman–Crippen LogP) is 1.97. The fourth-order valence-corrected chi connectivity index (χ4v) is 1.75. The van der Waals surface area contributed by atoms with Gasteiger partial charge in [-0.25, -0.2) is 9.97 Å². The lowest BCUT2D eigenvalue weighted by Gasteiger charge is -2.05. The highest BCUT2D eigenvalue weighted by Gasteiger charge is 2.19. The van der Waals surface area contributed by atoms with Crippen molar-refractivity contribution in [2.75, 3.05) is 0 Å². The molecule has 0 saturated heterocycles. The molecule has 0 saturated carbocycles. The SMILES string of the molecule is CCCn1ncc(Cl)c1C(=O)c1cncnc1. The van der Waals surface area contributed by atoms with E-state index in [9.17, 15) is 4.79 Å². The number of carbonyl (C=O) groups is 1. The number of aromatic nitrogens is 4. The number of carbonyl (C=O) groups excluding carboxylic acids is 1. The molecule has 0 aromatic carbocycles. The van der Waals surface area contributed by atoms with E-state index in [1.165, 1.54) is 24.9 Å². The van der Waals surface area contributed by atoms with Gasteiger partial charge in [0.2, 0.25) is 5.78 Å². The largest absolute Gasteiger partial charge is 0.287 e. The molecule has 6 heteroatoms. The summed E-state index contributed by atoms with van der Waals surface area (Å²) < 4.78 is 1.61. The Hall–Kier alpha value is -1.75. The van der Waals surface area contributed by atoms with Crippen molar-refractivity contribution in [2.45, 2.75) is 19.9 Å². The molecule has 2 aromatic rings. The fourth-order valence-electron chi connectivity index (χ4n) is 1.52. The first-order valence-electron chi connectivity index (χ1n) is 5.25. The first-order valence-corrected chi connectivity index (χ1v) is 5.63. The van der Waals surface area contributed by atoms with E-state index in [4.69, 9.17) is 11.6 Å². The first-order chi connectivity index (χ1) is 8.24. The molecule has 2 aromatic heterocycles. The molecule has 2 heterocycles. The Labute approximate surface area is 103 Å². The Morgan fingerprint density at radius 3 is 2.71 bits per heavy atom. The number of nitrogens with zero attached hydrogens (tertiary/aromatic N) is 4. The number of halogens is 1. The van der Waals surface area contributed by atoms with Crippen molar-refractivity contribution in [1.29, 1.82) is 0 Å². The summed E-state index contributed by atoms with van der Waals surface area (Å²) in [6.45, 7) is 2.66. The van der Waals surface area contributed by atoms with Crippen LogP contribution >= 0.6 is 11.6 Å². The van der Waals surface area contributed by atoms with Gasteiger partial charge in [-0.05, 0) is 6.42 Å². The van der Waals surface area contributed by atoms with Crippen LogP contribution in [0.4, 0.5) is 0 Å². The molecular weight excluding hydrogens is 240 g/mol. The van der Waals surface area contributed by atoms with E-state index in [-0.39, 0.29) is 5.78 Å². The van der Waals surface area contributed by atoms with Gasteiger partial charge in [0.1, 0.15) is 12.0 Å². The third-order valence-corrected chi connectivity index (χ3v) is 2.54. The summed E-state index contributed by atoms with van der Waals surface area (Å²) in [5.74, 6) is -0.207. The molecule has 0 bridgehead atoms. The van der Waals surface area contributed by atoms with Gasteiger partial charge >= 0.3 is 0 Å². The summed E-state index contributed by atoms with van der Waals surface area (Å²) in [6, 6.07) is 0. The minimum Gasteiger partial charge on any atom is -0.287 e. The van der Waals surface area contributed by atoms with Crippen molar-refractivity contribution in [2.24, 2.45) is 0 Å². The minimum absolute atomic E-state index is 0.207. The van der Waals surface area contributed by atoms with Gasteiger partial charge in [-0.3, -0.25) is 9.48 Å². The van der Waals surface area contributed by atoms with Gasteiger partial charge < -0.3 is 0 Å². The molecule has 2 rings (SSSR count). The molecule has 0 fully saturated rings. The zero-order valence-electron chi connectivity index (χ0n) is 9.30. The first kappa shape index (κ1) is 11.7. The third kappa shape index (κ3) is 2.34. The lowest BCUT2D eigenvalue weighted by Crippen LogP contribution is -2.12. The summed E-state index contributed by atoms with van der Waals surface area (Å²) in [5, 5.41) is 4.43. The second-order valence-corrected chi connectivity index (χ2v) is 3.93. The van der Waals surface area contributed by atoms with Crippen molar-refractivity contribution in [3.63, 3.8) is 0 Å². The molecule has 88 valence electrons. The number of rotatable bonds is 4. The summed E-state index contributed by atoms with van der Waals surface area (Å²) in [7, 11) is 0. The van der Waals surface area contributed by atoms with Crippen LogP contribution in [0.3, 0.4) is 0 Å². The molecule has 0 spiro atoms. The van der Waals surface area contributed by atoms with Crippen LogP contribution in [0.15, 0.2) is 24.9 Å². The average molecular weight is 251 g/mol. The maximum absolute atomic E-state index is 12.2. The van der Waals surface area contributed by atoms with E-state index in [1.54, 1.807) is 4.68 Å². The van der Waals surface area contributed by atoms with Gasteiger partial charge in [0.05, 0.1) is 16.8 Å². The zero-order chi connectivity index (χ0) is 12.3. The Morgan fingerprint density at radius 2 is 2.06 bits per heavy atom. The van der Waals surface area contributed by atoms with Crippen molar-refractivity contribution >= 4 is 17.4 Å². The summed E-state index contributed by atoms with van der Waals surface area (Å²) in [6.07, 6.45) is 6.67. The standard InChI is InChI=1S/C11H11ClN4O/c1-2-3-16-10(9(12)6-15-16)11(17)8-4-13-7-14-5-8/h4-7H,2-3H2,1H3. The summed E-state index contributed by atoms with van der Waals surface area (Å²) >= 11 is 5.98. The van der Waals surface area contributed by atoms with Crippen LogP contribution < -0.4 is 0 Å². The topological polar surface area (TPSA) is 60.7 Å². The van der Waals surface area contributed by atoms with Crippen LogP contribution in [-0.4, -0.2) is 25.5 Å². The Bertz CT molecular complexity index is 524. The monoisotopic (exact) mass is 250 g/mol. The maximum Gasteiger partial charge on any atom is 0.215 e. The molecular formula is C11H11ClN4O. The van der Waals surface area contributed by atoms with Crippen molar-refractivity contribution in [1.82, 2.24) is 19.7 Å². The lowest BCUT2D eigenvalue weighted by atomic mass is 10.1. The quantitative estimate of drug-likeness (QED) is 0.779. The van der Waals surface area contributed by atoms with Crippen molar-refractivity contribution < 1.29 is 4.79 Å². The number of ketones is 1. The van der Waals surface area contributed by atoms with Gasteiger partial charge in [-0.1, -0.05) is 18.5 Å². The maximum atomic E-state index is 12.2. The van der Waals surface area contributed by atoms with E-state index in [0.717, 1.165) is 6.42 Å². The van der Waals surface area contributed by atoms with Crippen LogP contribution in [0.1, 0.15) is 29.4 Å². The van der Waals surface area contributed by atoms with Gasteiger partial charge in [0.25, 0.3) is 0 Å². The molecule has 0 aliphatic carbocycles. The average Bonchev–Trinajstić information content (AvgIpc) is 2.71. The highest BCUT2D eigenvalue weighted by molar-refractivity contribution is 6.34. The van der Waals surface area contributed by atoms with Crippen LogP contribution in [-0.2, 0) is 6.54 Å². The second kappa shape index (κ2) is 5.05. The molecule has 0 aliphatic rings. The Morgan fingerprint density at radius 1 is 1.35 bits per heavy atom. The van der Waals surface area contributed by atoms with E-state index < -0.39 is 0 Å². The summed E-state index contributed by atoms with van der Waals surface area (Å²) in [4.78, 5) is 19.8. The fraction of sp³-hybridized carbons (Fsp3) is 0.273. The second-order valence-electron chi connectivity index (χ2n) is 3.52. The van der Waals surface area contributed by atoms with Crippen LogP contribution in [0.2, 0.25) is 5.02 Å². The number of hydrogen-bond donors (Lipinski definition) is 0. The van der Waals surface area contributed by atoms with Crippen molar-refractivity contribution in [3.8, 4) is 0 Å². The van der Waals surface area contributed by atoms with Crippen LogP contribution in [0, 0.1) is 0 Å². The lowest BCUT2D eigenvalue weighted by molar-refractivity contribution is 0.102. The molecule has 0 radical (unpaired) electrons. The summed E-state index contributed by atoms with van der Waals surface area (Å²) in [5.41, 5.74) is 0.801. The molecule has 5 nitrogen and oxygen atoms in total. The normalized spacial score (nSPS) is 10.5. The van der Waals surface area contributed by atoms with Gasteiger partial charge in [-0.2, -0.15) is 5.10 Å². The number of hydrogen-bond acceptors (Lipinski definition) is 4. The Balaban J connectivity index is 2.40. The molecule has 17 heavy (non-hydrogen) atoms. The highest BCUT2D eigenvalue weighted by Crippen LogP contribution is 2.18. The van der Waals surface area contributed by atoms with Gasteiger partial charge in [0.15, 0.2) is 0 Å². The van der Waals surface area contributed by atoms with Gasteiger partial charge in [0, 0.05) is 18.9 Å². The van der Waals surface area contributed by atoms with Crippen molar-refractivity contribution in [3.05, 3.63) is 41.2 Å². The minimum atomic E-state index is -0.207. The smallest absolute Gasteiger partial charge is 0.215 e. The van der Waals surface area contributed by atoms with E-state index in [0.29, 0.717) is 22.8 Å².